The van der Waals surface area contributed by atoms with Crippen LogP contribution in [0, 0.1) is 11.8 Å². The van der Waals surface area contributed by atoms with Crippen molar-refractivity contribution < 1.29 is 19.5 Å². The van der Waals surface area contributed by atoms with Gasteiger partial charge in [-0.1, -0.05) is 39.8 Å². The van der Waals surface area contributed by atoms with Crippen molar-refractivity contribution in [1.82, 2.24) is 10.2 Å². The van der Waals surface area contributed by atoms with Gasteiger partial charge in [-0.2, -0.15) is 0 Å². The number of hydrogen-bond acceptors (Lipinski definition) is 3. The van der Waals surface area contributed by atoms with Gasteiger partial charge >= 0.3 is 5.97 Å². The Bertz CT molecular complexity index is 608. The Morgan fingerprint density at radius 2 is 1.64 bits per heavy atom. The largest absolute Gasteiger partial charge is 0.480 e. The number of rotatable bonds is 8. The van der Waals surface area contributed by atoms with E-state index in [-0.39, 0.29) is 17.7 Å². The molecule has 1 aromatic carbocycles. The monoisotopic (exact) mass is 348 g/mol. The smallest absolute Gasteiger partial charge is 0.326 e. The molecule has 138 valence electrons. The van der Waals surface area contributed by atoms with Gasteiger partial charge in [0.1, 0.15) is 6.04 Å². The predicted molar refractivity (Wildman–Crippen MR) is 96.1 cm³/mol. The molecule has 0 saturated heterocycles. The molecule has 2 amide bonds. The predicted octanol–water partition coefficient (Wildman–Crippen LogP) is 2.53. The normalized spacial score (nSPS) is 12.1. The van der Waals surface area contributed by atoms with Gasteiger partial charge in [-0.05, 0) is 30.0 Å². The molecular formula is C19H28N2O4. The minimum absolute atomic E-state index is 0.0554. The number of nitrogens with one attached hydrogen (secondary N) is 1. The summed E-state index contributed by atoms with van der Waals surface area (Å²) in [7, 11) is 1.74. The summed E-state index contributed by atoms with van der Waals surface area (Å²) in [4.78, 5) is 37.0. The third-order valence-electron chi connectivity index (χ3n) is 3.82. The second-order valence-corrected chi connectivity index (χ2v) is 7.04. The van der Waals surface area contributed by atoms with Crippen molar-refractivity contribution in [2.24, 2.45) is 11.8 Å². The maximum Gasteiger partial charge on any atom is 0.326 e. The lowest BCUT2D eigenvalue weighted by Gasteiger charge is -2.20. The van der Waals surface area contributed by atoms with Crippen LogP contribution >= 0.6 is 0 Å². The maximum atomic E-state index is 12.2. The number of aliphatic carboxylic acids is 1. The summed E-state index contributed by atoms with van der Waals surface area (Å²) >= 11 is 0. The molecular weight excluding hydrogens is 320 g/mol. The summed E-state index contributed by atoms with van der Waals surface area (Å²) in [6, 6.07) is 5.94. The average molecular weight is 348 g/mol. The number of carboxylic acid groups (broad SMARTS) is 1. The Morgan fingerprint density at radius 3 is 2.08 bits per heavy atom. The summed E-state index contributed by atoms with van der Waals surface area (Å²) < 4.78 is 0. The molecule has 1 unspecified atom stereocenters. The van der Waals surface area contributed by atoms with E-state index >= 15 is 0 Å². The summed E-state index contributed by atoms with van der Waals surface area (Å²) in [5, 5.41) is 11.8. The van der Waals surface area contributed by atoms with Crippen molar-refractivity contribution in [1.29, 1.82) is 0 Å². The van der Waals surface area contributed by atoms with E-state index in [1.54, 1.807) is 36.2 Å². The number of carbonyl (C=O) groups is 3. The standard InChI is InChI=1S/C19H28N2O4/c1-12(2)10-16(19(24)25)20-17(22)15-8-6-14(7-9-15)11-21(5)18(23)13(3)4/h6-9,12-13,16H,10-11H2,1-5H3,(H,20,22)(H,24,25). The molecule has 0 aliphatic carbocycles. The molecule has 0 radical (unpaired) electrons. The fraction of sp³-hybridized carbons (Fsp3) is 0.526. The van der Waals surface area contributed by atoms with Crippen molar-refractivity contribution in [3.63, 3.8) is 0 Å². The third kappa shape index (κ3) is 6.57. The van der Waals surface area contributed by atoms with E-state index in [0.29, 0.717) is 18.5 Å². The highest BCUT2D eigenvalue weighted by atomic mass is 16.4. The van der Waals surface area contributed by atoms with Crippen LogP contribution in [-0.4, -0.2) is 40.9 Å². The van der Waals surface area contributed by atoms with Gasteiger partial charge in [0.15, 0.2) is 0 Å². The molecule has 6 nitrogen and oxygen atoms in total. The highest BCUT2D eigenvalue weighted by Crippen LogP contribution is 2.11. The molecule has 25 heavy (non-hydrogen) atoms. The summed E-state index contributed by atoms with van der Waals surface area (Å²) in [5.74, 6) is -1.29. The van der Waals surface area contributed by atoms with Crippen molar-refractivity contribution >= 4 is 17.8 Å². The van der Waals surface area contributed by atoms with Gasteiger partial charge in [0.2, 0.25) is 5.91 Å². The van der Waals surface area contributed by atoms with Crippen molar-refractivity contribution in [2.75, 3.05) is 7.05 Å². The zero-order valence-corrected chi connectivity index (χ0v) is 15.6. The highest BCUT2D eigenvalue weighted by molar-refractivity contribution is 5.96. The molecule has 0 bridgehead atoms. The van der Waals surface area contributed by atoms with E-state index in [2.05, 4.69) is 5.32 Å². The fourth-order valence-electron chi connectivity index (χ4n) is 2.49. The second kappa shape index (κ2) is 9.20. The van der Waals surface area contributed by atoms with Crippen molar-refractivity contribution in [3.8, 4) is 0 Å². The molecule has 0 aliphatic rings. The Labute approximate surface area is 149 Å². The number of amides is 2. The van der Waals surface area contributed by atoms with Crippen LogP contribution in [0.5, 0.6) is 0 Å². The van der Waals surface area contributed by atoms with Crippen LogP contribution < -0.4 is 5.32 Å². The first-order chi connectivity index (χ1) is 11.6. The summed E-state index contributed by atoms with van der Waals surface area (Å²) in [6.45, 7) is 7.98. The van der Waals surface area contributed by atoms with Crippen LogP contribution in [0.2, 0.25) is 0 Å². The van der Waals surface area contributed by atoms with E-state index in [0.717, 1.165) is 5.56 Å². The molecule has 2 N–H and O–H groups in total. The van der Waals surface area contributed by atoms with Gasteiger partial charge in [0.05, 0.1) is 0 Å². The van der Waals surface area contributed by atoms with E-state index in [9.17, 15) is 19.5 Å². The number of carboxylic acids is 1. The average Bonchev–Trinajstić information content (AvgIpc) is 2.53. The molecule has 0 fully saturated rings. The highest BCUT2D eigenvalue weighted by Gasteiger charge is 2.21. The van der Waals surface area contributed by atoms with Gasteiger partial charge in [-0.3, -0.25) is 9.59 Å². The van der Waals surface area contributed by atoms with Gasteiger partial charge in [0.25, 0.3) is 5.91 Å². The van der Waals surface area contributed by atoms with Crippen LogP contribution in [0.4, 0.5) is 0 Å². The molecule has 6 heteroatoms. The number of hydrogen-bond donors (Lipinski definition) is 2. The Kier molecular flexibility index (Phi) is 7.61. The minimum atomic E-state index is -1.03. The van der Waals surface area contributed by atoms with Gasteiger partial charge in [0, 0.05) is 25.1 Å². The zero-order valence-electron chi connectivity index (χ0n) is 15.6. The van der Waals surface area contributed by atoms with Crippen molar-refractivity contribution in [2.45, 2.75) is 46.7 Å². The van der Waals surface area contributed by atoms with Gasteiger partial charge < -0.3 is 15.3 Å². The zero-order chi connectivity index (χ0) is 19.1. The van der Waals surface area contributed by atoms with E-state index in [1.807, 2.05) is 27.7 Å². The molecule has 0 aliphatic heterocycles. The van der Waals surface area contributed by atoms with Crippen LogP contribution in [-0.2, 0) is 16.1 Å². The third-order valence-corrected chi connectivity index (χ3v) is 3.82. The Hall–Kier alpha value is -2.37. The lowest BCUT2D eigenvalue weighted by Crippen LogP contribution is -2.41. The number of carbonyl (C=O) groups excluding carboxylic acids is 2. The van der Waals surface area contributed by atoms with Gasteiger partial charge in [-0.25, -0.2) is 4.79 Å². The molecule has 0 aromatic heterocycles. The number of nitrogens with zero attached hydrogens (tertiary/aromatic N) is 1. The van der Waals surface area contributed by atoms with E-state index in [1.165, 1.54) is 0 Å². The lowest BCUT2D eigenvalue weighted by molar-refractivity contribution is -0.139. The first-order valence-corrected chi connectivity index (χ1v) is 8.49. The van der Waals surface area contributed by atoms with Crippen LogP contribution in [0.1, 0.15) is 50.0 Å². The first kappa shape index (κ1) is 20.7. The quantitative estimate of drug-likeness (QED) is 0.756. The molecule has 0 saturated carbocycles. The lowest BCUT2D eigenvalue weighted by atomic mass is 10.0. The number of benzene rings is 1. The topological polar surface area (TPSA) is 86.7 Å². The summed E-state index contributed by atoms with van der Waals surface area (Å²) in [6.07, 6.45) is 0.376. The second-order valence-electron chi connectivity index (χ2n) is 7.04. The first-order valence-electron chi connectivity index (χ1n) is 8.49. The van der Waals surface area contributed by atoms with Crippen LogP contribution in [0.25, 0.3) is 0 Å². The van der Waals surface area contributed by atoms with E-state index < -0.39 is 17.9 Å². The SMILES string of the molecule is CC(C)CC(NC(=O)c1ccc(CN(C)C(=O)C(C)C)cc1)C(=O)O. The van der Waals surface area contributed by atoms with Crippen LogP contribution in [0.3, 0.4) is 0 Å². The van der Waals surface area contributed by atoms with E-state index in [4.69, 9.17) is 0 Å². The molecule has 1 atom stereocenters. The molecule has 1 rings (SSSR count). The Morgan fingerprint density at radius 1 is 1.08 bits per heavy atom. The summed E-state index contributed by atoms with van der Waals surface area (Å²) in [5.41, 5.74) is 1.31. The van der Waals surface area contributed by atoms with Crippen molar-refractivity contribution in [3.05, 3.63) is 35.4 Å². The maximum absolute atomic E-state index is 12.2. The van der Waals surface area contributed by atoms with Crippen LogP contribution in [0.15, 0.2) is 24.3 Å². The van der Waals surface area contributed by atoms with Gasteiger partial charge in [-0.15, -0.1) is 0 Å². The Balaban J connectivity index is 2.73. The minimum Gasteiger partial charge on any atom is -0.480 e. The molecule has 0 spiro atoms. The molecule has 0 heterocycles. The molecule has 1 aromatic rings. The fourth-order valence-corrected chi connectivity index (χ4v) is 2.49.